The Labute approximate surface area is 109 Å². The number of halogens is 2. The summed E-state index contributed by atoms with van der Waals surface area (Å²) in [6, 6.07) is 4.44. The van der Waals surface area contributed by atoms with Crippen molar-refractivity contribution in [2.75, 3.05) is 7.11 Å². The third-order valence-electron chi connectivity index (χ3n) is 2.66. The number of nitrogens with two attached hydrogens (primary N) is 1. The number of rotatable bonds is 5. The van der Waals surface area contributed by atoms with E-state index in [4.69, 9.17) is 10.5 Å². The molecule has 1 atom stereocenters. The van der Waals surface area contributed by atoms with Crippen LogP contribution in [0.25, 0.3) is 0 Å². The van der Waals surface area contributed by atoms with E-state index in [0.717, 1.165) is 12.8 Å². The summed E-state index contributed by atoms with van der Waals surface area (Å²) in [6.07, 6.45) is 1.79. The topological polar surface area (TPSA) is 35.2 Å². The number of methoxy groups -OCH3 is 1. The van der Waals surface area contributed by atoms with Crippen LogP contribution in [0.2, 0.25) is 0 Å². The molecule has 0 aliphatic carbocycles. The fourth-order valence-corrected chi connectivity index (χ4v) is 1.60. The molecule has 0 aliphatic rings. The van der Waals surface area contributed by atoms with Gasteiger partial charge in [0.25, 0.3) is 0 Å². The van der Waals surface area contributed by atoms with E-state index in [1.165, 1.54) is 6.07 Å². The van der Waals surface area contributed by atoms with Gasteiger partial charge in [0.05, 0.1) is 7.11 Å². The third kappa shape index (κ3) is 4.92. The van der Waals surface area contributed by atoms with Crippen LogP contribution in [-0.4, -0.2) is 7.11 Å². The van der Waals surface area contributed by atoms with Crippen molar-refractivity contribution < 1.29 is 9.13 Å². The third-order valence-corrected chi connectivity index (χ3v) is 2.66. The molecule has 2 N–H and O–H groups in total. The predicted molar refractivity (Wildman–Crippen MR) is 71.2 cm³/mol. The zero-order chi connectivity index (χ0) is 12.1. The minimum absolute atomic E-state index is 0. The second-order valence-corrected chi connectivity index (χ2v) is 4.47. The summed E-state index contributed by atoms with van der Waals surface area (Å²) in [5.74, 6) is 0.980. The van der Waals surface area contributed by atoms with Crippen LogP contribution in [0, 0.1) is 11.7 Å². The van der Waals surface area contributed by atoms with E-state index >= 15 is 0 Å². The van der Waals surface area contributed by atoms with Crippen LogP contribution in [0.1, 0.15) is 38.3 Å². The van der Waals surface area contributed by atoms with Gasteiger partial charge in [0, 0.05) is 11.6 Å². The first kappa shape index (κ1) is 16.2. The van der Waals surface area contributed by atoms with Crippen molar-refractivity contribution in [3.8, 4) is 5.75 Å². The normalized spacial score (nSPS) is 12.1. The lowest BCUT2D eigenvalue weighted by Crippen LogP contribution is -2.13. The summed E-state index contributed by atoms with van der Waals surface area (Å²) in [7, 11) is 1.57. The molecule has 98 valence electrons. The van der Waals surface area contributed by atoms with Gasteiger partial charge in [-0.2, -0.15) is 0 Å². The highest BCUT2D eigenvalue weighted by atomic mass is 35.5. The molecule has 0 aliphatic heterocycles. The Balaban J connectivity index is 0.00000256. The van der Waals surface area contributed by atoms with Crippen molar-refractivity contribution in [2.24, 2.45) is 11.7 Å². The monoisotopic (exact) mass is 261 g/mol. The Bertz CT molecular complexity index is 344. The van der Waals surface area contributed by atoms with Crippen LogP contribution >= 0.6 is 12.4 Å². The minimum Gasteiger partial charge on any atom is -0.497 e. The molecule has 0 radical (unpaired) electrons. The maximum Gasteiger partial charge on any atom is 0.128 e. The highest BCUT2D eigenvalue weighted by molar-refractivity contribution is 5.85. The lowest BCUT2D eigenvalue weighted by molar-refractivity contribution is 0.410. The molecule has 0 fully saturated rings. The maximum atomic E-state index is 13.5. The van der Waals surface area contributed by atoms with Crippen LogP contribution in [0.5, 0.6) is 5.75 Å². The average molecular weight is 262 g/mol. The number of benzene rings is 1. The fourth-order valence-electron chi connectivity index (χ4n) is 1.60. The highest BCUT2D eigenvalue weighted by Crippen LogP contribution is 2.25. The van der Waals surface area contributed by atoms with Crippen LogP contribution in [0.15, 0.2) is 18.2 Å². The largest absolute Gasteiger partial charge is 0.497 e. The van der Waals surface area contributed by atoms with Crippen LogP contribution in [-0.2, 0) is 0 Å². The van der Waals surface area contributed by atoms with E-state index in [2.05, 4.69) is 13.8 Å². The molecule has 0 saturated heterocycles. The first-order chi connectivity index (χ1) is 7.54. The molecule has 1 aromatic rings. The van der Waals surface area contributed by atoms with Crippen molar-refractivity contribution in [2.45, 2.75) is 32.7 Å². The van der Waals surface area contributed by atoms with E-state index in [1.807, 2.05) is 0 Å². The van der Waals surface area contributed by atoms with Gasteiger partial charge in [-0.15, -0.1) is 12.4 Å². The molecule has 0 saturated carbocycles. The molecule has 0 bridgehead atoms. The standard InChI is InChI=1S/C13H20FNO.ClH/c1-9(2)4-7-13(15)11-8-10(16-3)5-6-12(11)14;/h5-6,8-9,13H,4,7,15H2,1-3H3;1H/t13-;/m1./s1. The van der Waals surface area contributed by atoms with Crippen LogP contribution < -0.4 is 10.5 Å². The minimum atomic E-state index is -0.253. The molecule has 1 rings (SSSR count). The van der Waals surface area contributed by atoms with Crippen molar-refractivity contribution in [1.29, 1.82) is 0 Å². The van der Waals surface area contributed by atoms with Gasteiger partial charge < -0.3 is 10.5 Å². The molecular formula is C13H21ClFNO. The van der Waals surface area contributed by atoms with Gasteiger partial charge >= 0.3 is 0 Å². The summed E-state index contributed by atoms with van der Waals surface area (Å²) in [4.78, 5) is 0. The molecule has 0 heterocycles. The summed E-state index contributed by atoms with van der Waals surface area (Å²) < 4.78 is 18.6. The molecule has 17 heavy (non-hydrogen) atoms. The summed E-state index contributed by atoms with van der Waals surface area (Å²) in [5, 5.41) is 0. The van der Waals surface area contributed by atoms with Crippen molar-refractivity contribution in [3.63, 3.8) is 0 Å². The molecule has 1 aromatic carbocycles. The lowest BCUT2D eigenvalue weighted by Gasteiger charge is -2.15. The zero-order valence-electron chi connectivity index (χ0n) is 10.6. The molecule has 0 amide bonds. The predicted octanol–water partition coefficient (Wildman–Crippen LogP) is 3.69. The van der Waals surface area contributed by atoms with Crippen molar-refractivity contribution in [3.05, 3.63) is 29.6 Å². The number of hydrogen-bond donors (Lipinski definition) is 1. The molecule has 0 unspecified atom stereocenters. The fraction of sp³-hybridized carbons (Fsp3) is 0.538. The van der Waals surface area contributed by atoms with E-state index in [0.29, 0.717) is 17.2 Å². The number of hydrogen-bond acceptors (Lipinski definition) is 2. The quantitative estimate of drug-likeness (QED) is 0.877. The van der Waals surface area contributed by atoms with Gasteiger partial charge in [-0.05, 0) is 37.0 Å². The van der Waals surface area contributed by atoms with Crippen LogP contribution in [0.4, 0.5) is 4.39 Å². The van der Waals surface area contributed by atoms with E-state index in [1.54, 1.807) is 19.2 Å². The highest BCUT2D eigenvalue weighted by Gasteiger charge is 2.13. The van der Waals surface area contributed by atoms with Gasteiger partial charge in [0.15, 0.2) is 0 Å². The summed E-state index contributed by atoms with van der Waals surface area (Å²) in [5.41, 5.74) is 6.51. The summed E-state index contributed by atoms with van der Waals surface area (Å²) >= 11 is 0. The lowest BCUT2D eigenvalue weighted by atomic mass is 9.98. The number of ether oxygens (including phenoxy) is 1. The Morgan fingerprint density at radius 2 is 1.94 bits per heavy atom. The van der Waals surface area contributed by atoms with E-state index < -0.39 is 0 Å². The molecule has 4 heteroatoms. The van der Waals surface area contributed by atoms with E-state index in [-0.39, 0.29) is 24.3 Å². The van der Waals surface area contributed by atoms with Crippen molar-refractivity contribution >= 4 is 12.4 Å². The maximum absolute atomic E-state index is 13.5. The molecule has 2 nitrogen and oxygen atoms in total. The smallest absolute Gasteiger partial charge is 0.128 e. The zero-order valence-corrected chi connectivity index (χ0v) is 11.4. The molecule has 0 aromatic heterocycles. The van der Waals surface area contributed by atoms with E-state index in [9.17, 15) is 4.39 Å². The molecule has 0 spiro atoms. The van der Waals surface area contributed by atoms with Gasteiger partial charge in [-0.1, -0.05) is 13.8 Å². The second kappa shape index (κ2) is 7.51. The first-order valence-electron chi connectivity index (χ1n) is 5.63. The van der Waals surface area contributed by atoms with Gasteiger partial charge in [-0.25, -0.2) is 4.39 Å². The Kier molecular flexibility index (Phi) is 7.16. The van der Waals surface area contributed by atoms with Gasteiger partial charge in [0.1, 0.15) is 11.6 Å². The molecular weight excluding hydrogens is 241 g/mol. The Morgan fingerprint density at radius 1 is 1.29 bits per heavy atom. The Morgan fingerprint density at radius 3 is 2.47 bits per heavy atom. The average Bonchev–Trinajstić information content (AvgIpc) is 2.26. The van der Waals surface area contributed by atoms with Crippen molar-refractivity contribution in [1.82, 2.24) is 0 Å². The second-order valence-electron chi connectivity index (χ2n) is 4.47. The first-order valence-corrected chi connectivity index (χ1v) is 5.63. The summed E-state index contributed by atoms with van der Waals surface area (Å²) in [6.45, 7) is 4.27. The Hall–Kier alpha value is -0.800. The van der Waals surface area contributed by atoms with Gasteiger partial charge in [-0.3, -0.25) is 0 Å². The van der Waals surface area contributed by atoms with Crippen LogP contribution in [0.3, 0.4) is 0 Å². The SMILES string of the molecule is COc1ccc(F)c([C@H](N)CCC(C)C)c1.Cl. The van der Waals surface area contributed by atoms with Gasteiger partial charge in [0.2, 0.25) is 0 Å².